The summed E-state index contributed by atoms with van der Waals surface area (Å²) in [6, 6.07) is 5.20. The molecule has 1 aromatic heterocycles. The van der Waals surface area contributed by atoms with Gasteiger partial charge >= 0.3 is 11.4 Å². The van der Waals surface area contributed by atoms with Gasteiger partial charge in [0.15, 0.2) is 5.75 Å². The number of hydrogen-bond donors (Lipinski definition) is 2. The van der Waals surface area contributed by atoms with Crippen LogP contribution in [-0.4, -0.2) is 27.5 Å². The number of nitrogens with one attached hydrogen (secondary N) is 2. The minimum Gasteiger partial charge on any atom is -0.490 e. The van der Waals surface area contributed by atoms with E-state index >= 15 is 0 Å². The molecule has 2 rings (SSSR count). The molecule has 0 atom stereocenters. The van der Waals surface area contributed by atoms with Crippen molar-refractivity contribution in [1.82, 2.24) is 9.55 Å². The molecule has 0 unspecified atom stereocenters. The number of nitro groups is 1. The largest absolute Gasteiger partial charge is 0.490 e. The minimum absolute atomic E-state index is 0.0498. The molecule has 0 spiro atoms. The SMILES string of the molecule is COc1ccc(NC(=O)CCn2ccc(=O)[nH]c2=O)cc1[N+](=O)[O-]. The van der Waals surface area contributed by atoms with Gasteiger partial charge in [-0.05, 0) is 12.1 Å². The number of carbonyl (C=O) groups is 1. The van der Waals surface area contributed by atoms with Crippen molar-refractivity contribution >= 4 is 17.3 Å². The normalized spacial score (nSPS) is 10.2. The Morgan fingerprint density at radius 1 is 1.38 bits per heavy atom. The molecule has 0 aliphatic carbocycles. The number of nitro benzene ring substituents is 1. The third kappa shape index (κ3) is 4.06. The van der Waals surface area contributed by atoms with Gasteiger partial charge in [0.2, 0.25) is 5.91 Å². The zero-order chi connectivity index (χ0) is 17.7. The first-order chi connectivity index (χ1) is 11.4. The summed E-state index contributed by atoms with van der Waals surface area (Å²) in [5, 5.41) is 13.4. The zero-order valence-corrected chi connectivity index (χ0v) is 12.6. The van der Waals surface area contributed by atoms with Gasteiger partial charge in [0, 0.05) is 37.0 Å². The maximum atomic E-state index is 11.9. The summed E-state index contributed by atoms with van der Waals surface area (Å²) in [4.78, 5) is 46.7. The van der Waals surface area contributed by atoms with Gasteiger partial charge in [0.05, 0.1) is 12.0 Å². The Hall–Kier alpha value is -3.43. The van der Waals surface area contributed by atoms with Crippen LogP contribution in [0.2, 0.25) is 0 Å². The van der Waals surface area contributed by atoms with E-state index in [2.05, 4.69) is 10.3 Å². The maximum Gasteiger partial charge on any atom is 0.328 e. The first-order valence-electron chi connectivity index (χ1n) is 6.83. The summed E-state index contributed by atoms with van der Waals surface area (Å²) < 4.78 is 6.05. The second kappa shape index (κ2) is 7.22. The lowest BCUT2D eigenvalue weighted by Crippen LogP contribution is -2.29. The lowest BCUT2D eigenvalue weighted by Gasteiger charge is -2.08. The van der Waals surface area contributed by atoms with Gasteiger partial charge in [0.1, 0.15) is 0 Å². The number of nitrogens with zero attached hydrogens (tertiary/aromatic N) is 2. The van der Waals surface area contributed by atoms with Gasteiger partial charge in [0.25, 0.3) is 5.56 Å². The van der Waals surface area contributed by atoms with E-state index in [9.17, 15) is 24.5 Å². The number of H-pyrrole nitrogens is 1. The van der Waals surface area contributed by atoms with Crippen LogP contribution in [0.4, 0.5) is 11.4 Å². The van der Waals surface area contributed by atoms with E-state index in [-0.39, 0.29) is 30.1 Å². The van der Waals surface area contributed by atoms with Crippen molar-refractivity contribution in [3.63, 3.8) is 0 Å². The summed E-state index contributed by atoms with van der Waals surface area (Å²) in [5.41, 5.74) is -1.17. The van der Waals surface area contributed by atoms with Crippen molar-refractivity contribution in [3.05, 3.63) is 61.4 Å². The Morgan fingerprint density at radius 2 is 2.12 bits per heavy atom. The lowest BCUT2D eigenvalue weighted by molar-refractivity contribution is -0.385. The van der Waals surface area contributed by atoms with Crippen LogP contribution in [0.1, 0.15) is 6.42 Å². The van der Waals surface area contributed by atoms with Crippen LogP contribution >= 0.6 is 0 Å². The van der Waals surface area contributed by atoms with E-state index < -0.39 is 22.1 Å². The third-order valence-corrected chi connectivity index (χ3v) is 3.14. The van der Waals surface area contributed by atoms with Crippen LogP contribution < -0.4 is 21.3 Å². The maximum absolute atomic E-state index is 11.9. The Bertz CT molecular complexity index is 885. The highest BCUT2D eigenvalue weighted by atomic mass is 16.6. The van der Waals surface area contributed by atoms with Gasteiger partial charge in [-0.15, -0.1) is 0 Å². The second-order valence-corrected chi connectivity index (χ2v) is 4.75. The Morgan fingerprint density at radius 3 is 2.75 bits per heavy atom. The number of aromatic amines is 1. The van der Waals surface area contributed by atoms with Crippen molar-refractivity contribution in [2.45, 2.75) is 13.0 Å². The molecule has 0 aliphatic heterocycles. The molecule has 0 fully saturated rings. The van der Waals surface area contributed by atoms with Crippen molar-refractivity contribution in [3.8, 4) is 5.75 Å². The number of rotatable bonds is 6. The van der Waals surface area contributed by atoms with Gasteiger partial charge in [-0.1, -0.05) is 0 Å². The average molecular weight is 334 g/mol. The second-order valence-electron chi connectivity index (χ2n) is 4.75. The van der Waals surface area contributed by atoms with Crippen LogP contribution in [0.25, 0.3) is 0 Å². The molecular weight excluding hydrogens is 320 g/mol. The van der Waals surface area contributed by atoms with Crippen molar-refractivity contribution in [2.24, 2.45) is 0 Å². The summed E-state index contributed by atoms with van der Waals surface area (Å²) in [5.74, 6) is -0.356. The molecule has 10 nitrogen and oxygen atoms in total. The van der Waals surface area contributed by atoms with Crippen LogP contribution in [0.3, 0.4) is 0 Å². The summed E-state index contributed by atoms with van der Waals surface area (Å²) in [6.07, 6.45) is 1.23. The van der Waals surface area contributed by atoms with E-state index in [0.717, 1.165) is 0 Å². The van der Waals surface area contributed by atoms with E-state index in [1.54, 1.807) is 0 Å². The summed E-state index contributed by atoms with van der Waals surface area (Å²) >= 11 is 0. The molecule has 0 aliphatic rings. The number of anilines is 1. The fourth-order valence-electron chi connectivity index (χ4n) is 1.98. The molecule has 1 heterocycles. The Labute approximate surface area is 134 Å². The standard InChI is InChI=1S/C14H14N4O6/c1-24-11-3-2-9(8-10(11)18(22)23)15-12(19)4-6-17-7-5-13(20)16-14(17)21/h2-3,5,7-8H,4,6H2,1H3,(H,15,19)(H,16,20,21). The highest BCUT2D eigenvalue weighted by Crippen LogP contribution is 2.29. The Balaban J connectivity index is 2.04. The number of aromatic nitrogens is 2. The number of amides is 1. The highest BCUT2D eigenvalue weighted by molar-refractivity contribution is 5.91. The number of benzene rings is 1. The third-order valence-electron chi connectivity index (χ3n) is 3.14. The smallest absolute Gasteiger partial charge is 0.328 e. The van der Waals surface area contributed by atoms with E-state index in [1.807, 2.05) is 0 Å². The number of ether oxygens (including phenoxy) is 1. The fourth-order valence-corrected chi connectivity index (χ4v) is 1.98. The monoisotopic (exact) mass is 334 g/mol. The lowest BCUT2D eigenvalue weighted by atomic mass is 10.2. The molecule has 10 heteroatoms. The van der Waals surface area contributed by atoms with Gasteiger partial charge in [-0.3, -0.25) is 24.7 Å². The van der Waals surface area contributed by atoms with Crippen LogP contribution in [0, 0.1) is 10.1 Å². The van der Waals surface area contributed by atoms with Crippen LogP contribution in [0.15, 0.2) is 40.1 Å². The number of carbonyl (C=O) groups excluding carboxylic acids is 1. The molecule has 0 radical (unpaired) electrons. The molecule has 0 saturated heterocycles. The molecule has 1 amide bonds. The van der Waals surface area contributed by atoms with E-state index in [4.69, 9.17) is 4.74 Å². The predicted octanol–water partition coefficient (Wildman–Crippen LogP) is 0.482. The molecule has 2 N–H and O–H groups in total. The average Bonchev–Trinajstić information content (AvgIpc) is 2.54. The fraction of sp³-hybridized carbons (Fsp3) is 0.214. The van der Waals surface area contributed by atoms with Gasteiger partial charge < -0.3 is 14.6 Å². The topological polar surface area (TPSA) is 136 Å². The van der Waals surface area contributed by atoms with E-state index in [1.165, 1.54) is 42.1 Å². The van der Waals surface area contributed by atoms with Crippen molar-refractivity contribution in [1.29, 1.82) is 0 Å². The molecule has 2 aromatic rings. The first-order valence-corrected chi connectivity index (χ1v) is 6.83. The number of methoxy groups -OCH3 is 1. The van der Waals surface area contributed by atoms with Crippen LogP contribution in [0.5, 0.6) is 5.75 Å². The molecule has 24 heavy (non-hydrogen) atoms. The molecule has 0 saturated carbocycles. The molecule has 126 valence electrons. The molecule has 0 bridgehead atoms. The quantitative estimate of drug-likeness (QED) is 0.582. The van der Waals surface area contributed by atoms with Gasteiger partial charge in [-0.25, -0.2) is 4.79 Å². The predicted molar refractivity (Wildman–Crippen MR) is 84.2 cm³/mol. The van der Waals surface area contributed by atoms with Crippen molar-refractivity contribution < 1.29 is 14.5 Å². The first kappa shape index (κ1) is 16.9. The number of hydrogen-bond acceptors (Lipinski definition) is 6. The minimum atomic E-state index is -0.617. The van der Waals surface area contributed by atoms with Crippen molar-refractivity contribution in [2.75, 3.05) is 12.4 Å². The zero-order valence-electron chi connectivity index (χ0n) is 12.6. The molecule has 1 aromatic carbocycles. The summed E-state index contributed by atoms with van der Waals surface area (Å²) in [7, 11) is 1.31. The summed E-state index contributed by atoms with van der Waals surface area (Å²) in [6.45, 7) is 0.0553. The van der Waals surface area contributed by atoms with Crippen LogP contribution in [-0.2, 0) is 11.3 Å². The highest BCUT2D eigenvalue weighted by Gasteiger charge is 2.16. The number of aryl methyl sites for hydroxylation is 1. The van der Waals surface area contributed by atoms with E-state index in [0.29, 0.717) is 0 Å². The molecular formula is C14H14N4O6. The van der Waals surface area contributed by atoms with Gasteiger partial charge in [-0.2, -0.15) is 0 Å². The Kier molecular flexibility index (Phi) is 5.09.